The van der Waals surface area contributed by atoms with Crippen molar-refractivity contribution in [2.75, 3.05) is 0 Å². The van der Waals surface area contributed by atoms with E-state index in [1.807, 2.05) is 6.92 Å². The van der Waals surface area contributed by atoms with Gasteiger partial charge in [0.25, 0.3) is 5.91 Å². The van der Waals surface area contributed by atoms with Crippen LogP contribution in [0.3, 0.4) is 0 Å². The minimum absolute atomic E-state index is 0.107. The number of aromatic hydroxyl groups is 1. The predicted molar refractivity (Wildman–Crippen MR) is 59.9 cm³/mol. The molecule has 1 unspecified atom stereocenters. The van der Waals surface area contributed by atoms with Crippen LogP contribution in [0.2, 0.25) is 0 Å². The Hall–Kier alpha value is -2.02. The zero-order chi connectivity index (χ0) is 12.2. The van der Waals surface area contributed by atoms with Crippen molar-refractivity contribution in [2.24, 2.45) is 0 Å². The van der Waals surface area contributed by atoms with Gasteiger partial charge in [-0.1, -0.05) is 6.92 Å². The normalized spacial score (nSPS) is 13.6. The van der Waals surface area contributed by atoms with Crippen molar-refractivity contribution >= 4 is 5.91 Å². The van der Waals surface area contributed by atoms with Crippen molar-refractivity contribution in [1.82, 2.24) is 5.32 Å². The minimum atomic E-state index is -0.852. The maximum atomic E-state index is 11.7. The first-order valence-electron chi connectivity index (χ1n) is 5.03. The van der Waals surface area contributed by atoms with Gasteiger partial charge in [-0.05, 0) is 37.6 Å². The fourth-order valence-corrected chi connectivity index (χ4v) is 1.13. The van der Waals surface area contributed by atoms with Crippen molar-refractivity contribution in [3.8, 4) is 11.8 Å². The maximum Gasteiger partial charge on any atom is 0.252 e. The molecule has 0 saturated heterocycles. The Bertz CT molecular complexity index is 420. The molecule has 0 bridgehead atoms. The second-order valence-corrected chi connectivity index (χ2v) is 3.80. The van der Waals surface area contributed by atoms with Crippen LogP contribution in [0.4, 0.5) is 0 Å². The second-order valence-electron chi connectivity index (χ2n) is 3.80. The lowest BCUT2D eigenvalue weighted by Gasteiger charge is -2.21. The monoisotopic (exact) mass is 218 g/mol. The summed E-state index contributed by atoms with van der Waals surface area (Å²) in [6.07, 6.45) is 0.535. The largest absolute Gasteiger partial charge is 0.508 e. The highest BCUT2D eigenvalue weighted by Crippen LogP contribution is 2.12. The topological polar surface area (TPSA) is 73.1 Å². The molecule has 0 fully saturated rings. The Balaban J connectivity index is 2.81. The average Bonchev–Trinajstić information content (AvgIpc) is 2.29. The number of nitriles is 1. The van der Waals surface area contributed by atoms with E-state index in [1.54, 1.807) is 6.92 Å². The van der Waals surface area contributed by atoms with Crippen molar-refractivity contribution in [3.63, 3.8) is 0 Å². The van der Waals surface area contributed by atoms with E-state index < -0.39 is 5.54 Å². The zero-order valence-corrected chi connectivity index (χ0v) is 9.32. The zero-order valence-electron chi connectivity index (χ0n) is 9.32. The maximum absolute atomic E-state index is 11.7. The van der Waals surface area contributed by atoms with Crippen LogP contribution >= 0.6 is 0 Å². The Labute approximate surface area is 94.5 Å². The Kier molecular flexibility index (Phi) is 3.51. The Morgan fingerprint density at radius 3 is 2.50 bits per heavy atom. The summed E-state index contributed by atoms with van der Waals surface area (Å²) >= 11 is 0. The summed E-state index contributed by atoms with van der Waals surface area (Å²) in [7, 11) is 0. The molecule has 0 radical (unpaired) electrons. The standard InChI is InChI=1S/C12H14N2O2/c1-3-12(2,8-13)14-11(16)9-4-6-10(15)7-5-9/h4-7,15H,3H2,1-2H3,(H,14,16). The first kappa shape index (κ1) is 12.1. The van der Waals surface area contributed by atoms with Crippen LogP contribution in [0.25, 0.3) is 0 Å². The summed E-state index contributed by atoms with van der Waals surface area (Å²) in [5.41, 5.74) is -0.428. The molecule has 1 aromatic carbocycles. The summed E-state index contributed by atoms with van der Waals surface area (Å²) in [6.45, 7) is 3.51. The van der Waals surface area contributed by atoms with Crippen LogP contribution < -0.4 is 5.32 Å². The second kappa shape index (κ2) is 4.67. The molecule has 0 aliphatic rings. The van der Waals surface area contributed by atoms with Gasteiger partial charge >= 0.3 is 0 Å². The van der Waals surface area contributed by atoms with Gasteiger partial charge in [0.2, 0.25) is 0 Å². The first-order chi connectivity index (χ1) is 7.50. The molecule has 0 aliphatic carbocycles. The smallest absolute Gasteiger partial charge is 0.252 e. The number of benzene rings is 1. The number of hydrogen-bond donors (Lipinski definition) is 2. The third-order valence-electron chi connectivity index (χ3n) is 2.47. The molecular weight excluding hydrogens is 204 g/mol. The van der Waals surface area contributed by atoms with Gasteiger partial charge in [-0.3, -0.25) is 4.79 Å². The highest BCUT2D eigenvalue weighted by Gasteiger charge is 2.23. The lowest BCUT2D eigenvalue weighted by molar-refractivity contribution is 0.0923. The molecular formula is C12H14N2O2. The van der Waals surface area contributed by atoms with E-state index in [0.717, 1.165) is 0 Å². The van der Waals surface area contributed by atoms with E-state index >= 15 is 0 Å². The van der Waals surface area contributed by atoms with Gasteiger partial charge in [0.05, 0.1) is 6.07 Å². The van der Waals surface area contributed by atoms with Crippen LogP contribution in [0.1, 0.15) is 30.6 Å². The quantitative estimate of drug-likeness (QED) is 0.812. The van der Waals surface area contributed by atoms with Gasteiger partial charge in [0, 0.05) is 5.56 Å². The number of phenolic OH excluding ortho intramolecular Hbond substituents is 1. The summed E-state index contributed by atoms with van der Waals surface area (Å²) in [5, 5.41) is 20.6. The minimum Gasteiger partial charge on any atom is -0.508 e. The molecule has 0 heterocycles. The number of rotatable bonds is 3. The molecule has 1 aromatic rings. The number of carbonyl (C=O) groups excluding carboxylic acids is 1. The van der Waals surface area contributed by atoms with Crippen LogP contribution in [0.5, 0.6) is 5.75 Å². The van der Waals surface area contributed by atoms with E-state index in [-0.39, 0.29) is 11.7 Å². The lowest BCUT2D eigenvalue weighted by atomic mass is 10.0. The molecule has 1 rings (SSSR count). The molecule has 1 atom stereocenters. The molecule has 4 heteroatoms. The molecule has 4 nitrogen and oxygen atoms in total. The number of nitrogens with zero attached hydrogens (tertiary/aromatic N) is 1. The third-order valence-corrected chi connectivity index (χ3v) is 2.47. The van der Waals surface area contributed by atoms with Crippen LogP contribution in [0, 0.1) is 11.3 Å². The van der Waals surface area contributed by atoms with Gasteiger partial charge in [-0.25, -0.2) is 0 Å². The summed E-state index contributed by atoms with van der Waals surface area (Å²) in [4.78, 5) is 11.7. The number of nitrogens with one attached hydrogen (secondary N) is 1. The predicted octanol–water partition coefficient (Wildman–Crippen LogP) is 1.81. The van der Waals surface area contributed by atoms with E-state index in [2.05, 4.69) is 11.4 Å². The van der Waals surface area contributed by atoms with Gasteiger partial charge < -0.3 is 10.4 Å². The molecule has 84 valence electrons. The van der Waals surface area contributed by atoms with Crippen LogP contribution in [0.15, 0.2) is 24.3 Å². The van der Waals surface area contributed by atoms with Gasteiger partial charge in [-0.15, -0.1) is 0 Å². The molecule has 0 aliphatic heterocycles. The van der Waals surface area contributed by atoms with Crippen LogP contribution in [-0.4, -0.2) is 16.6 Å². The van der Waals surface area contributed by atoms with E-state index in [1.165, 1.54) is 24.3 Å². The van der Waals surface area contributed by atoms with Crippen molar-refractivity contribution in [3.05, 3.63) is 29.8 Å². The highest BCUT2D eigenvalue weighted by atomic mass is 16.3. The Morgan fingerprint density at radius 2 is 2.06 bits per heavy atom. The molecule has 16 heavy (non-hydrogen) atoms. The number of hydrogen-bond acceptors (Lipinski definition) is 3. The number of amides is 1. The van der Waals surface area contributed by atoms with Crippen LogP contribution in [-0.2, 0) is 0 Å². The highest BCUT2D eigenvalue weighted by molar-refractivity contribution is 5.95. The lowest BCUT2D eigenvalue weighted by Crippen LogP contribution is -2.44. The first-order valence-corrected chi connectivity index (χ1v) is 5.03. The van der Waals surface area contributed by atoms with Crippen molar-refractivity contribution in [1.29, 1.82) is 5.26 Å². The van der Waals surface area contributed by atoms with Gasteiger partial charge in [0.15, 0.2) is 0 Å². The number of carbonyl (C=O) groups is 1. The van der Waals surface area contributed by atoms with E-state index in [9.17, 15) is 4.79 Å². The average molecular weight is 218 g/mol. The van der Waals surface area contributed by atoms with E-state index in [0.29, 0.717) is 12.0 Å². The van der Waals surface area contributed by atoms with Crippen molar-refractivity contribution in [2.45, 2.75) is 25.8 Å². The third kappa shape index (κ3) is 2.74. The molecule has 0 spiro atoms. The molecule has 0 saturated carbocycles. The van der Waals surface area contributed by atoms with E-state index in [4.69, 9.17) is 10.4 Å². The number of phenols is 1. The van der Waals surface area contributed by atoms with Crippen molar-refractivity contribution < 1.29 is 9.90 Å². The fourth-order valence-electron chi connectivity index (χ4n) is 1.13. The molecule has 2 N–H and O–H groups in total. The summed E-state index contributed by atoms with van der Waals surface area (Å²) in [6, 6.07) is 7.95. The van der Waals surface area contributed by atoms with Gasteiger partial charge in [0.1, 0.15) is 11.3 Å². The summed E-state index contributed by atoms with van der Waals surface area (Å²) in [5.74, 6) is -0.207. The molecule has 1 amide bonds. The molecule has 0 aromatic heterocycles. The fraction of sp³-hybridized carbons (Fsp3) is 0.333. The summed E-state index contributed by atoms with van der Waals surface area (Å²) < 4.78 is 0. The SMILES string of the molecule is CCC(C)(C#N)NC(=O)c1ccc(O)cc1. The Morgan fingerprint density at radius 1 is 1.50 bits per heavy atom. The van der Waals surface area contributed by atoms with Gasteiger partial charge in [-0.2, -0.15) is 5.26 Å².